The highest BCUT2D eigenvalue weighted by Gasteiger charge is 2.04. The third-order valence-electron chi connectivity index (χ3n) is 3.46. The van der Waals surface area contributed by atoms with Crippen molar-refractivity contribution in [2.45, 2.75) is 6.92 Å². The lowest BCUT2D eigenvalue weighted by molar-refractivity contribution is -0.111. The second kappa shape index (κ2) is 6.32. The molecule has 1 amide bonds. The van der Waals surface area contributed by atoms with Crippen molar-refractivity contribution in [1.29, 1.82) is 0 Å². The van der Waals surface area contributed by atoms with Crippen molar-refractivity contribution in [3.05, 3.63) is 71.9 Å². The molecule has 4 heteroatoms. The van der Waals surface area contributed by atoms with Gasteiger partial charge in [0.25, 0.3) is 0 Å². The molecule has 3 rings (SSSR count). The zero-order valence-electron chi connectivity index (χ0n) is 12.8. The Labute approximate surface area is 134 Å². The first-order valence-electron chi connectivity index (χ1n) is 7.33. The van der Waals surface area contributed by atoms with Gasteiger partial charge < -0.3 is 11.1 Å². The Hall–Kier alpha value is -3.14. The number of carbonyl (C=O) groups is 1. The molecule has 0 spiro atoms. The molecule has 0 bridgehead atoms. The molecule has 0 unspecified atom stereocenters. The van der Waals surface area contributed by atoms with Crippen molar-refractivity contribution in [3.63, 3.8) is 0 Å². The summed E-state index contributed by atoms with van der Waals surface area (Å²) in [5.74, 6) is -0.188. The standard InChI is InChI=1S/C19H17N3O/c1-13-11-17(20)16-12-15(8-9-18(16)21-13)22-19(23)10-7-14-5-3-2-4-6-14/h2-12H,1H3,(H2,20,21)(H,22,23). The molecule has 0 aliphatic carbocycles. The first-order chi connectivity index (χ1) is 11.1. The van der Waals surface area contributed by atoms with Crippen LogP contribution in [-0.4, -0.2) is 10.9 Å². The number of amides is 1. The van der Waals surface area contributed by atoms with Gasteiger partial charge in [-0.1, -0.05) is 30.3 Å². The Bertz CT molecular complexity index is 886. The summed E-state index contributed by atoms with van der Waals surface area (Å²) in [7, 11) is 0. The van der Waals surface area contributed by atoms with Crippen molar-refractivity contribution in [1.82, 2.24) is 4.98 Å². The van der Waals surface area contributed by atoms with E-state index in [0.29, 0.717) is 11.4 Å². The number of nitrogen functional groups attached to an aromatic ring is 1. The van der Waals surface area contributed by atoms with E-state index >= 15 is 0 Å². The highest BCUT2D eigenvalue weighted by molar-refractivity contribution is 6.03. The molecule has 0 saturated heterocycles. The number of aryl methyl sites for hydroxylation is 1. The maximum atomic E-state index is 12.0. The first-order valence-corrected chi connectivity index (χ1v) is 7.33. The van der Waals surface area contributed by atoms with Crippen LogP contribution < -0.4 is 11.1 Å². The second-order valence-corrected chi connectivity index (χ2v) is 5.32. The fourth-order valence-corrected chi connectivity index (χ4v) is 2.39. The van der Waals surface area contributed by atoms with E-state index in [1.54, 1.807) is 6.08 Å². The summed E-state index contributed by atoms with van der Waals surface area (Å²) in [5, 5.41) is 3.67. The van der Waals surface area contributed by atoms with Gasteiger partial charge in [0.1, 0.15) is 0 Å². The molecule has 1 heterocycles. The van der Waals surface area contributed by atoms with Crippen LogP contribution in [0, 0.1) is 6.92 Å². The number of nitrogens with one attached hydrogen (secondary N) is 1. The average molecular weight is 303 g/mol. The predicted octanol–water partition coefficient (Wildman–Crippen LogP) is 3.78. The maximum absolute atomic E-state index is 12.0. The summed E-state index contributed by atoms with van der Waals surface area (Å²) in [6.45, 7) is 1.90. The van der Waals surface area contributed by atoms with Crippen LogP contribution in [0.4, 0.5) is 11.4 Å². The van der Waals surface area contributed by atoms with Crippen molar-refractivity contribution in [3.8, 4) is 0 Å². The third kappa shape index (κ3) is 3.55. The smallest absolute Gasteiger partial charge is 0.248 e. The Balaban J connectivity index is 1.79. The molecule has 3 aromatic rings. The summed E-state index contributed by atoms with van der Waals surface area (Å²) in [5.41, 5.74) is 10.0. The highest BCUT2D eigenvalue weighted by Crippen LogP contribution is 2.24. The number of hydrogen-bond donors (Lipinski definition) is 2. The van der Waals surface area contributed by atoms with E-state index in [4.69, 9.17) is 5.73 Å². The molecule has 4 nitrogen and oxygen atoms in total. The SMILES string of the molecule is Cc1cc(N)c2cc(NC(=O)C=Cc3ccccc3)ccc2n1. The summed E-state index contributed by atoms with van der Waals surface area (Å²) in [6.07, 6.45) is 3.28. The minimum atomic E-state index is -0.188. The normalized spacial score (nSPS) is 11.0. The molecule has 0 fully saturated rings. The molecule has 0 saturated carbocycles. The molecular formula is C19H17N3O. The van der Waals surface area contributed by atoms with Crippen molar-refractivity contribution in [2.24, 2.45) is 0 Å². The van der Waals surface area contributed by atoms with Gasteiger partial charge in [-0.2, -0.15) is 0 Å². The highest BCUT2D eigenvalue weighted by atomic mass is 16.1. The van der Waals surface area contributed by atoms with Crippen LogP contribution in [0.25, 0.3) is 17.0 Å². The number of nitrogens with zero attached hydrogens (tertiary/aromatic N) is 1. The lowest BCUT2D eigenvalue weighted by Gasteiger charge is -2.07. The Morgan fingerprint density at radius 3 is 2.70 bits per heavy atom. The zero-order valence-corrected chi connectivity index (χ0v) is 12.8. The van der Waals surface area contributed by atoms with Crippen LogP contribution in [0.1, 0.15) is 11.3 Å². The number of benzene rings is 2. The van der Waals surface area contributed by atoms with Crippen LogP contribution in [0.3, 0.4) is 0 Å². The first kappa shape index (κ1) is 14.8. The summed E-state index contributed by atoms with van der Waals surface area (Å²) in [4.78, 5) is 16.4. The number of anilines is 2. The molecule has 0 atom stereocenters. The molecule has 0 radical (unpaired) electrons. The monoisotopic (exact) mass is 303 g/mol. The summed E-state index contributed by atoms with van der Waals surface area (Å²) >= 11 is 0. The number of hydrogen-bond acceptors (Lipinski definition) is 3. The van der Waals surface area contributed by atoms with E-state index in [2.05, 4.69) is 10.3 Å². The van der Waals surface area contributed by atoms with Crippen molar-refractivity contribution < 1.29 is 4.79 Å². The molecule has 0 aliphatic heterocycles. The maximum Gasteiger partial charge on any atom is 0.248 e. The van der Waals surface area contributed by atoms with E-state index in [1.165, 1.54) is 6.08 Å². The minimum absolute atomic E-state index is 0.188. The van der Waals surface area contributed by atoms with E-state index in [-0.39, 0.29) is 5.91 Å². The predicted molar refractivity (Wildman–Crippen MR) is 95.0 cm³/mol. The largest absolute Gasteiger partial charge is 0.398 e. The molecule has 0 aliphatic rings. The number of rotatable bonds is 3. The minimum Gasteiger partial charge on any atom is -0.398 e. The Kier molecular flexibility index (Phi) is 4.06. The number of pyridine rings is 1. The number of carbonyl (C=O) groups excluding carboxylic acids is 1. The van der Waals surface area contributed by atoms with Crippen LogP contribution in [-0.2, 0) is 4.79 Å². The van der Waals surface area contributed by atoms with E-state index in [0.717, 1.165) is 22.2 Å². The van der Waals surface area contributed by atoms with E-state index in [1.807, 2.05) is 61.5 Å². The van der Waals surface area contributed by atoms with Crippen molar-refractivity contribution in [2.75, 3.05) is 11.1 Å². The molecule has 1 aromatic heterocycles. The summed E-state index contributed by atoms with van der Waals surface area (Å²) in [6, 6.07) is 17.0. The topological polar surface area (TPSA) is 68.0 Å². The van der Waals surface area contributed by atoms with Gasteiger partial charge in [0, 0.05) is 28.5 Å². The number of nitrogens with two attached hydrogens (primary N) is 1. The quantitative estimate of drug-likeness (QED) is 0.724. The third-order valence-corrected chi connectivity index (χ3v) is 3.46. The lowest BCUT2D eigenvalue weighted by Crippen LogP contribution is -2.07. The molecule has 114 valence electrons. The van der Waals surface area contributed by atoms with Gasteiger partial charge in [-0.3, -0.25) is 9.78 Å². The van der Waals surface area contributed by atoms with Gasteiger partial charge >= 0.3 is 0 Å². The average Bonchev–Trinajstić information content (AvgIpc) is 2.54. The lowest BCUT2D eigenvalue weighted by atomic mass is 10.1. The van der Waals surface area contributed by atoms with E-state index in [9.17, 15) is 4.79 Å². The number of aromatic nitrogens is 1. The van der Waals surface area contributed by atoms with Crippen LogP contribution in [0.15, 0.2) is 60.7 Å². The van der Waals surface area contributed by atoms with Gasteiger partial charge in [0.15, 0.2) is 0 Å². The van der Waals surface area contributed by atoms with Gasteiger partial charge in [0.05, 0.1) is 5.52 Å². The van der Waals surface area contributed by atoms with Gasteiger partial charge in [-0.15, -0.1) is 0 Å². The second-order valence-electron chi connectivity index (χ2n) is 5.32. The van der Waals surface area contributed by atoms with Gasteiger partial charge in [-0.25, -0.2) is 0 Å². The van der Waals surface area contributed by atoms with Gasteiger partial charge in [-0.05, 0) is 42.8 Å². The van der Waals surface area contributed by atoms with Crippen LogP contribution >= 0.6 is 0 Å². The Morgan fingerprint density at radius 1 is 1.13 bits per heavy atom. The van der Waals surface area contributed by atoms with Gasteiger partial charge in [0.2, 0.25) is 5.91 Å². The Morgan fingerprint density at radius 2 is 1.91 bits per heavy atom. The van der Waals surface area contributed by atoms with E-state index < -0.39 is 0 Å². The zero-order chi connectivity index (χ0) is 16.2. The van der Waals surface area contributed by atoms with Crippen LogP contribution in [0.2, 0.25) is 0 Å². The summed E-state index contributed by atoms with van der Waals surface area (Å²) < 4.78 is 0. The molecule has 23 heavy (non-hydrogen) atoms. The fraction of sp³-hybridized carbons (Fsp3) is 0.0526. The molecule has 2 aromatic carbocycles. The fourth-order valence-electron chi connectivity index (χ4n) is 2.39. The molecular weight excluding hydrogens is 286 g/mol. The van der Waals surface area contributed by atoms with Crippen LogP contribution in [0.5, 0.6) is 0 Å². The number of fused-ring (bicyclic) bond motifs is 1. The molecule has 3 N–H and O–H groups in total. The van der Waals surface area contributed by atoms with Crippen molar-refractivity contribution >= 4 is 34.3 Å².